The molecule has 64 valence electrons. The van der Waals surface area contributed by atoms with Gasteiger partial charge in [-0.05, 0) is 13.0 Å². The van der Waals surface area contributed by atoms with E-state index in [0.29, 0.717) is 5.57 Å². The van der Waals surface area contributed by atoms with Crippen LogP contribution in [0.25, 0.3) is 0 Å². The third-order valence-corrected chi connectivity index (χ3v) is 1.60. The Balaban J connectivity index is 3.55. The average Bonchev–Trinajstić information content (AvgIpc) is 2.20. The van der Waals surface area contributed by atoms with Crippen molar-refractivity contribution in [3.8, 4) is 0 Å². The van der Waals surface area contributed by atoms with Gasteiger partial charge in [-0.25, -0.2) is 14.4 Å². The third kappa shape index (κ3) is 1.64. The molecular formula is C10H6O3. The summed E-state index contributed by atoms with van der Waals surface area (Å²) in [6.07, 6.45) is 0.409. The first-order valence-corrected chi connectivity index (χ1v) is 3.52. The smallest absolute Gasteiger partial charge is 0.134 e. The van der Waals surface area contributed by atoms with Crippen molar-refractivity contribution in [3.63, 3.8) is 0 Å². The van der Waals surface area contributed by atoms with E-state index in [4.69, 9.17) is 1.37 Å². The third-order valence-electron chi connectivity index (χ3n) is 1.60. The van der Waals surface area contributed by atoms with Crippen molar-refractivity contribution in [1.29, 1.82) is 0 Å². The van der Waals surface area contributed by atoms with Crippen LogP contribution in [0.15, 0.2) is 28.4 Å². The summed E-state index contributed by atoms with van der Waals surface area (Å²) in [6, 6.07) is 0. The van der Waals surface area contributed by atoms with Crippen molar-refractivity contribution < 1.29 is 15.8 Å². The Morgan fingerprint density at radius 2 is 2.00 bits per heavy atom. The topological polar surface area (TPSA) is 51.2 Å². The minimum atomic E-state index is -0.943. The predicted octanol–water partition coefficient (Wildman–Crippen LogP) is 0.610. The molecule has 0 radical (unpaired) electrons. The summed E-state index contributed by atoms with van der Waals surface area (Å²) in [5, 5.41) is 0. The Kier molecular flexibility index (Phi) is 2.18. The molecule has 0 amide bonds. The fourth-order valence-electron chi connectivity index (χ4n) is 1.06. The Morgan fingerprint density at radius 1 is 1.31 bits per heavy atom. The zero-order valence-electron chi connectivity index (χ0n) is 7.88. The van der Waals surface area contributed by atoms with Crippen molar-refractivity contribution >= 4 is 17.8 Å². The molecule has 1 atom stereocenters. The zero-order chi connectivity index (χ0) is 10.7. The van der Waals surface area contributed by atoms with Gasteiger partial charge in [0.25, 0.3) is 0 Å². The SMILES string of the molecule is [2H]C1C(=C=O)C(=C=O)C(=C=O)C=C1C. The lowest BCUT2D eigenvalue weighted by Gasteiger charge is -2.10. The van der Waals surface area contributed by atoms with E-state index in [1.807, 2.05) is 0 Å². The molecule has 1 aliphatic carbocycles. The molecule has 3 nitrogen and oxygen atoms in total. The van der Waals surface area contributed by atoms with Gasteiger partial charge in [0.1, 0.15) is 17.8 Å². The molecule has 0 bridgehead atoms. The molecule has 13 heavy (non-hydrogen) atoms. The molecule has 0 aromatic rings. The van der Waals surface area contributed by atoms with Crippen molar-refractivity contribution in [2.24, 2.45) is 0 Å². The molecule has 0 spiro atoms. The molecule has 3 heteroatoms. The molecule has 0 aromatic carbocycles. The maximum Gasteiger partial charge on any atom is 0.134 e. The zero-order valence-corrected chi connectivity index (χ0v) is 6.88. The van der Waals surface area contributed by atoms with E-state index in [1.165, 1.54) is 23.9 Å². The molecule has 0 saturated heterocycles. The molecule has 1 rings (SSSR count). The normalized spacial score (nSPS) is 22.5. The van der Waals surface area contributed by atoms with Gasteiger partial charge >= 0.3 is 0 Å². The summed E-state index contributed by atoms with van der Waals surface area (Å²) in [5.41, 5.74) is 0.0963. The van der Waals surface area contributed by atoms with E-state index in [1.54, 1.807) is 6.92 Å². The van der Waals surface area contributed by atoms with Crippen LogP contribution >= 0.6 is 0 Å². The van der Waals surface area contributed by atoms with Crippen LogP contribution in [-0.2, 0) is 14.4 Å². The van der Waals surface area contributed by atoms with Gasteiger partial charge < -0.3 is 0 Å². The van der Waals surface area contributed by atoms with Crippen LogP contribution in [0, 0.1) is 0 Å². The van der Waals surface area contributed by atoms with Crippen LogP contribution in [0.3, 0.4) is 0 Å². The lowest BCUT2D eigenvalue weighted by Crippen LogP contribution is -2.02. The highest BCUT2D eigenvalue weighted by Crippen LogP contribution is 2.27. The Bertz CT molecular complexity index is 454. The lowest BCUT2D eigenvalue weighted by molar-refractivity contribution is 0.562. The van der Waals surface area contributed by atoms with Crippen molar-refractivity contribution in [1.82, 2.24) is 0 Å². The highest BCUT2D eigenvalue weighted by molar-refractivity contribution is 5.86. The molecule has 0 heterocycles. The fraction of sp³-hybridized carbons (Fsp3) is 0.200. The van der Waals surface area contributed by atoms with Gasteiger partial charge in [0, 0.05) is 7.77 Å². The van der Waals surface area contributed by atoms with E-state index in [-0.39, 0.29) is 16.7 Å². The second-order valence-corrected chi connectivity index (χ2v) is 2.54. The van der Waals surface area contributed by atoms with Crippen molar-refractivity contribution in [2.75, 3.05) is 0 Å². The van der Waals surface area contributed by atoms with E-state index < -0.39 is 6.40 Å². The highest BCUT2D eigenvalue weighted by Gasteiger charge is 2.18. The number of hydrogen-bond acceptors (Lipinski definition) is 3. The van der Waals surface area contributed by atoms with Crippen LogP contribution in [0.4, 0.5) is 0 Å². The summed E-state index contributed by atoms with van der Waals surface area (Å²) in [4.78, 5) is 31.4. The van der Waals surface area contributed by atoms with Gasteiger partial charge in [0.15, 0.2) is 0 Å². The molecule has 0 fully saturated rings. The molecule has 0 N–H and O–H groups in total. The monoisotopic (exact) mass is 175 g/mol. The van der Waals surface area contributed by atoms with Gasteiger partial charge in [-0.15, -0.1) is 0 Å². The van der Waals surface area contributed by atoms with Gasteiger partial charge in [-0.2, -0.15) is 0 Å². The first kappa shape index (κ1) is 7.72. The van der Waals surface area contributed by atoms with Crippen LogP contribution in [-0.4, -0.2) is 17.8 Å². The second kappa shape index (κ2) is 3.66. The number of carbonyl (C=O) groups excluding carboxylic acids is 3. The van der Waals surface area contributed by atoms with Crippen LogP contribution in [0.5, 0.6) is 0 Å². The summed E-state index contributed by atoms with van der Waals surface area (Å²) in [6.45, 7) is 1.59. The van der Waals surface area contributed by atoms with Crippen molar-refractivity contribution in [2.45, 2.75) is 13.3 Å². The molecule has 0 saturated carbocycles. The maximum absolute atomic E-state index is 10.5. The maximum atomic E-state index is 10.5. The predicted molar refractivity (Wildman–Crippen MR) is 46.0 cm³/mol. The van der Waals surface area contributed by atoms with Gasteiger partial charge in [0.05, 0.1) is 16.7 Å². The first-order valence-electron chi connectivity index (χ1n) is 4.09. The summed E-state index contributed by atoms with van der Waals surface area (Å²) < 4.78 is 7.52. The van der Waals surface area contributed by atoms with Crippen LogP contribution < -0.4 is 0 Å². The van der Waals surface area contributed by atoms with E-state index in [2.05, 4.69) is 0 Å². The number of allylic oxidation sites excluding steroid dienone is 5. The van der Waals surface area contributed by atoms with E-state index in [9.17, 15) is 14.4 Å². The second-order valence-electron chi connectivity index (χ2n) is 2.54. The highest BCUT2D eigenvalue weighted by atomic mass is 16.1. The quantitative estimate of drug-likeness (QED) is 0.507. The average molecular weight is 175 g/mol. The lowest BCUT2D eigenvalue weighted by atomic mass is 9.89. The number of rotatable bonds is 0. The first-order chi connectivity index (χ1) is 6.65. The molecule has 1 unspecified atom stereocenters. The molecule has 0 aromatic heterocycles. The minimum Gasteiger partial charge on any atom is -0.233 e. The fourth-order valence-corrected chi connectivity index (χ4v) is 1.06. The molecule has 1 aliphatic rings. The van der Waals surface area contributed by atoms with Crippen molar-refractivity contribution in [3.05, 3.63) is 28.4 Å². The Hall–Kier alpha value is -1.91. The molecule has 0 aliphatic heterocycles. The standard InChI is InChI=1S/C10H6O3/c1-7-2-8(4-11)10(6-13)9(3-7)5-12/h2H,3H2,1H3/i3D. The van der Waals surface area contributed by atoms with Crippen LogP contribution in [0.2, 0.25) is 0 Å². The van der Waals surface area contributed by atoms with Gasteiger partial charge in [-0.3, -0.25) is 0 Å². The van der Waals surface area contributed by atoms with Crippen LogP contribution in [0.1, 0.15) is 14.7 Å². The van der Waals surface area contributed by atoms with E-state index in [0.717, 1.165) is 0 Å². The Labute approximate surface area is 76.1 Å². The minimum absolute atomic E-state index is 0.0423. The van der Waals surface area contributed by atoms with E-state index >= 15 is 0 Å². The van der Waals surface area contributed by atoms with Gasteiger partial charge in [-0.1, -0.05) is 5.57 Å². The largest absolute Gasteiger partial charge is 0.233 e. The summed E-state index contributed by atoms with van der Waals surface area (Å²) in [5.74, 6) is 4.48. The summed E-state index contributed by atoms with van der Waals surface area (Å²) >= 11 is 0. The summed E-state index contributed by atoms with van der Waals surface area (Å²) in [7, 11) is 0. The number of hydrogen-bond donors (Lipinski definition) is 0. The molecular weight excluding hydrogens is 168 g/mol. The Morgan fingerprint density at radius 3 is 2.46 bits per heavy atom. The van der Waals surface area contributed by atoms with Gasteiger partial charge in [0.2, 0.25) is 0 Å².